The van der Waals surface area contributed by atoms with Gasteiger partial charge in [0.25, 0.3) is 0 Å². The van der Waals surface area contributed by atoms with Crippen LogP contribution in [0.1, 0.15) is 11.1 Å². The van der Waals surface area contributed by atoms with E-state index in [1.807, 2.05) is 30.3 Å². The van der Waals surface area contributed by atoms with Crippen molar-refractivity contribution >= 4 is 12.1 Å². The summed E-state index contributed by atoms with van der Waals surface area (Å²) in [5.74, 6) is -1.69. The molecule has 0 bridgehead atoms. The molecule has 2 rings (SSSR count). The number of carbonyl (C=O) groups excluding carboxylic acids is 1. The van der Waals surface area contributed by atoms with Crippen LogP contribution in [0.15, 0.2) is 54.9 Å². The van der Waals surface area contributed by atoms with Crippen LogP contribution in [0.5, 0.6) is 0 Å². The van der Waals surface area contributed by atoms with Crippen LogP contribution in [0.25, 0.3) is 0 Å². The van der Waals surface area contributed by atoms with Gasteiger partial charge in [-0.2, -0.15) is 0 Å². The van der Waals surface area contributed by atoms with E-state index in [4.69, 9.17) is 4.74 Å². The number of aromatic nitrogens is 1. The Morgan fingerprint density at radius 3 is 2.43 bits per heavy atom. The third-order valence-corrected chi connectivity index (χ3v) is 3.29. The number of alkyl carbamates (subject to hydrolysis) is 1. The molecule has 0 radical (unpaired) electrons. The van der Waals surface area contributed by atoms with Gasteiger partial charge in [0.05, 0.1) is 5.92 Å². The van der Waals surface area contributed by atoms with Crippen molar-refractivity contribution in [1.82, 2.24) is 10.3 Å². The molecule has 1 amide bonds. The molecule has 2 aromatic rings. The zero-order chi connectivity index (χ0) is 16.5. The molecule has 1 atom stereocenters. The third-order valence-electron chi connectivity index (χ3n) is 3.29. The largest absolute Gasteiger partial charge is 0.481 e. The number of carboxylic acids is 1. The highest BCUT2D eigenvalue weighted by Gasteiger charge is 2.19. The fourth-order valence-corrected chi connectivity index (χ4v) is 2.03. The molecule has 6 heteroatoms. The predicted molar refractivity (Wildman–Crippen MR) is 83.7 cm³/mol. The number of rotatable bonds is 7. The van der Waals surface area contributed by atoms with E-state index < -0.39 is 18.0 Å². The molecule has 0 aliphatic rings. The summed E-state index contributed by atoms with van der Waals surface area (Å²) in [5, 5.41) is 11.7. The molecular weight excluding hydrogens is 296 g/mol. The molecule has 1 aromatic carbocycles. The number of aliphatic carboxylic acids is 1. The number of nitrogens with zero attached hydrogens (tertiary/aromatic N) is 1. The molecule has 0 aliphatic heterocycles. The van der Waals surface area contributed by atoms with Gasteiger partial charge in [0, 0.05) is 18.9 Å². The van der Waals surface area contributed by atoms with Gasteiger partial charge in [-0.05, 0) is 29.7 Å². The Morgan fingerprint density at radius 1 is 1.09 bits per heavy atom. The molecule has 1 aromatic heterocycles. The molecule has 120 valence electrons. The highest BCUT2D eigenvalue weighted by Crippen LogP contribution is 2.08. The Kier molecular flexibility index (Phi) is 6.11. The summed E-state index contributed by atoms with van der Waals surface area (Å²) in [4.78, 5) is 26.8. The van der Waals surface area contributed by atoms with Crippen LogP contribution >= 0.6 is 0 Å². The van der Waals surface area contributed by atoms with Crippen molar-refractivity contribution in [1.29, 1.82) is 0 Å². The minimum atomic E-state index is -0.967. The van der Waals surface area contributed by atoms with E-state index in [9.17, 15) is 14.7 Å². The Labute approximate surface area is 134 Å². The third kappa shape index (κ3) is 5.78. The first-order valence-corrected chi connectivity index (χ1v) is 7.21. The second kappa shape index (κ2) is 8.53. The Hall–Kier alpha value is -2.89. The number of ether oxygens (including phenoxy) is 1. The lowest BCUT2D eigenvalue weighted by atomic mass is 10.0. The lowest BCUT2D eigenvalue weighted by Crippen LogP contribution is -2.34. The quantitative estimate of drug-likeness (QED) is 0.818. The normalized spacial score (nSPS) is 11.5. The fourth-order valence-electron chi connectivity index (χ4n) is 2.03. The molecular formula is C17H18N2O4. The number of benzene rings is 1. The molecule has 0 spiro atoms. The Balaban J connectivity index is 1.79. The zero-order valence-corrected chi connectivity index (χ0v) is 12.5. The summed E-state index contributed by atoms with van der Waals surface area (Å²) in [6.07, 6.45) is 2.90. The monoisotopic (exact) mass is 314 g/mol. The van der Waals surface area contributed by atoms with Crippen molar-refractivity contribution in [2.24, 2.45) is 5.92 Å². The SMILES string of the molecule is O=C(NCC(Cc1ccncc1)C(=O)O)OCc1ccccc1. The van der Waals surface area contributed by atoms with Gasteiger partial charge in [-0.15, -0.1) is 0 Å². The van der Waals surface area contributed by atoms with Crippen LogP contribution in [0.3, 0.4) is 0 Å². The maximum atomic E-state index is 11.7. The molecule has 1 heterocycles. The van der Waals surface area contributed by atoms with Gasteiger partial charge in [0.1, 0.15) is 6.61 Å². The van der Waals surface area contributed by atoms with Gasteiger partial charge in [0.15, 0.2) is 0 Å². The van der Waals surface area contributed by atoms with E-state index in [0.717, 1.165) is 11.1 Å². The van der Waals surface area contributed by atoms with E-state index in [-0.39, 0.29) is 13.2 Å². The Bertz CT molecular complexity index is 632. The second-order valence-electron chi connectivity index (χ2n) is 5.04. The summed E-state index contributed by atoms with van der Waals surface area (Å²) in [7, 11) is 0. The number of hydrogen-bond donors (Lipinski definition) is 2. The number of amides is 1. The van der Waals surface area contributed by atoms with Crippen molar-refractivity contribution in [3.63, 3.8) is 0 Å². The lowest BCUT2D eigenvalue weighted by Gasteiger charge is -2.13. The number of carbonyl (C=O) groups is 2. The van der Waals surface area contributed by atoms with Crippen LogP contribution in [-0.4, -0.2) is 28.7 Å². The summed E-state index contributed by atoms with van der Waals surface area (Å²) < 4.78 is 5.06. The van der Waals surface area contributed by atoms with Gasteiger partial charge >= 0.3 is 12.1 Å². The van der Waals surface area contributed by atoms with Crippen molar-refractivity contribution in [3.05, 3.63) is 66.0 Å². The van der Waals surface area contributed by atoms with Crippen molar-refractivity contribution in [2.75, 3.05) is 6.54 Å². The molecule has 0 fully saturated rings. The van der Waals surface area contributed by atoms with Gasteiger partial charge in [-0.1, -0.05) is 30.3 Å². The van der Waals surface area contributed by atoms with E-state index in [1.54, 1.807) is 24.5 Å². The average molecular weight is 314 g/mol. The molecule has 0 saturated heterocycles. The Morgan fingerprint density at radius 2 is 1.78 bits per heavy atom. The minimum absolute atomic E-state index is 0.00524. The summed E-state index contributed by atoms with van der Waals surface area (Å²) in [6.45, 7) is 0.153. The zero-order valence-electron chi connectivity index (χ0n) is 12.5. The number of carboxylic acid groups (broad SMARTS) is 1. The van der Waals surface area contributed by atoms with Crippen LogP contribution in [0, 0.1) is 5.92 Å². The van der Waals surface area contributed by atoms with Crippen LogP contribution in [0.4, 0.5) is 4.79 Å². The van der Waals surface area contributed by atoms with Gasteiger partial charge in [0.2, 0.25) is 0 Å². The summed E-state index contributed by atoms with van der Waals surface area (Å²) in [6, 6.07) is 12.8. The number of nitrogens with one attached hydrogen (secondary N) is 1. The molecule has 1 unspecified atom stereocenters. The average Bonchev–Trinajstić information content (AvgIpc) is 2.58. The van der Waals surface area contributed by atoms with Gasteiger partial charge in [-0.25, -0.2) is 4.79 Å². The predicted octanol–water partition coefficient (Wildman–Crippen LogP) is 2.25. The van der Waals surface area contributed by atoms with Crippen LogP contribution < -0.4 is 5.32 Å². The van der Waals surface area contributed by atoms with Gasteiger partial charge < -0.3 is 15.2 Å². The smallest absolute Gasteiger partial charge is 0.407 e. The van der Waals surface area contributed by atoms with E-state index >= 15 is 0 Å². The van der Waals surface area contributed by atoms with Crippen LogP contribution in [0.2, 0.25) is 0 Å². The first-order chi connectivity index (χ1) is 11.1. The number of pyridine rings is 1. The maximum absolute atomic E-state index is 11.7. The molecule has 0 aliphatic carbocycles. The van der Waals surface area contributed by atoms with Crippen molar-refractivity contribution in [3.8, 4) is 0 Å². The first-order valence-electron chi connectivity index (χ1n) is 7.21. The van der Waals surface area contributed by atoms with E-state index in [1.165, 1.54) is 0 Å². The van der Waals surface area contributed by atoms with E-state index in [0.29, 0.717) is 6.42 Å². The topological polar surface area (TPSA) is 88.5 Å². The van der Waals surface area contributed by atoms with E-state index in [2.05, 4.69) is 10.3 Å². The minimum Gasteiger partial charge on any atom is -0.481 e. The molecule has 2 N–H and O–H groups in total. The summed E-state index contributed by atoms with van der Waals surface area (Å²) in [5.41, 5.74) is 1.72. The fraction of sp³-hybridized carbons (Fsp3) is 0.235. The van der Waals surface area contributed by atoms with Crippen molar-refractivity contribution < 1.29 is 19.4 Å². The highest BCUT2D eigenvalue weighted by atomic mass is 16.5. The van der Waals surface area contributed by atoms with Gasteiger partial charge in [-0.3, -0.25) is 9.78 Å². The first kappa shape index (κ1) is 16.5. The second-order valence-corrected chi connectivity index (χ2v) is 5.04. The summed E-state index contributed by atoms with van der Waals surface area (Å²) >= 11 is 0. The molecule has 23 heavy (non-hydrogen) atoms. The maximum Gasteiger partial charge on any atom is 0.407 e. The number of hydrogen-bond acceptors (Lipinski definition) is 4. The standard InChI is InChI=1S/C17H18N2O4/c20-16(21)15(10-13-6-8-18-9-7-13)11-19-17(22)23-12-14-4-2-1-3-5-14/h1-9,15H,10-12H2,(H,19,22)(H,20,21). The van der Waals surface area contributed by atoms with Crippen LogP contribution in [-0.2, 0) is 22.6 Å². The van der Waals surface area contributed by atoms with Crippen molar-refractivity contribution in [2.45, 2.75) is 13.0 Å². The molecule has 6 nitrogen and oxygen atoms in total. The lowest BCUT2D eigenvalue weighted by molar-refractivity contribution is -0.141. The molecule has 0 saturated carbocycles. The highest BCUT2D eigenvalue weighted by molar-refractivity contribution is 5.72.